The fourth-order valence-corrected chi connectivity index (χ4v) is 6.45. The number of carbonyl (C=O) groups excluding carboxylic acids is 2. The van der Waals surface area contributed by atoms with Crippen molar-refractivity contribution in [2.45, 2.75) is 49.8 Å². The maximum atomic E-state index is 13.3. The second-order valence-electron chi connectivity index (χ2n) is 10.0. The van der Waals surface area contributed by atoms with Gasteiger partial charge in [0.1, 0.15) is 0 Å². The zero-order valence-electron chi connectivity index (χ0n) is 22.6. The third-order valence-electron chi connectivity index (χ3n) is 7.49. The summed E-state index contributed by atoms with van der Waals surface area (Å²) in [6.45, 7) is 4.97. The van der Waals surface area contributed by atoms with Crippen LogP contribution in [0.4, 0.5) is 11.4 Å². The van der Waals surface area contributed by atoms with Gasteiger partial charge in [-0.05, 0) is 68.7 Å². The van der Waals surface area contributed by atoms with Gasteiger partial charge in [0.15, 0.2) is 0 Å². The van der Waals surface area contributed by atoms with Gasteiger partial charge in [-0.15, -0.1) is 11.8 Å². The van der Waals surface area contributed by atoms with Crippen molar-refractivity contribution in [1.82, 2.24) is 4.57 Å². The van der Waals surface area contributed by atoms with Gasteiger partial charge in [0.05, 0.1) is 17.1 Å². The van der Waals surface area contributed by atoms with Gasteiger partial charge in [-0.25, -0.2) is 0 Å². The van der Waals surface area contributed by atoms with Gasteiger partial charge in [0, 0.05) is 44.6 Å². The van der Waals surface area contributed by atoms with Crippen molar-refractivity contribution in [1.29, 1.82) is 0 Å². The number of thioether (sulfide) groups is 1. The number of anilines is 2. The highest BCUT2D eigenvalue weighted by Gasteiger charge is 2.34. The summed E-state index contributed by atoms with van der Waals surface area (Å²) >= 11 is 1.44. The molecule has 2 amide bonds. The van der Waals surface area contributed by atoms with Crippen LogP contribution in [0.5, 0.6) is 0 Å². The van der Waals surface area contributed by atoms with Crippen LogP contribution in [0, 0.1) is 11.8 Å². The minimum atomic E-state index is -0.958. The molecule has 3 N–H and O–H groups in total. The van der Waals surface area contributed by atoms with Gasteiger partial charge < -0.3 is 20.3 Å². The summed E-state index contributed by atoms with van der Waals surface area (Å²) < 4.78 is 2.28. The third-order valence-corrected chi connectivity index (χ3v) is 8.84. The molecule has 0 spiro atoms. The molecule has 1 heterocycles. The number of aliphatic carboxylic acids is 1. The molecule has 3 unspecified atom stereocenters. The van der Waals surface area contributed by atoms with E-state index >= 15 is 0 Å². The maximum absolute atomic E-state index is 13.3. The van der Waals surface area contributed by atoms with Gasteiger partial charge in [-0.2, -0.15) is 0 Å². The first kappa shape index (κ1) is 27.5. The Hall–Kier alpha value is -4.04. The molecule has 0 fully saturated rings. The Morgan fingerprint density at radius 3 is 2.35 bits per heavy atom. The molecule has 0 radical (unpaired) electrons. The molecule has 4 aromatic rings. The number of allylic oxidation sites excluding steroid dienone is 2. The van der Waals surface area contributed by atoms with Crippen LogP contribution in [0.3, 0.4) is 0 Å². The summed E-state index contributed by atoms with van der Waals surface area (Å²) in [5, 5.41) is 17.4. The number of rotatable bonds is 9. The smallest absolute Gasteiger partial charge is 0.307 e. The molecule has 1 aromatic heterocycles. The highest BCUT2D eigenvalue weighted by Crippen LogP contribution is 2.33. The lowest BCUT2D eigenvalue weighted by molar-refractivity contribution is -0.146. The quantitative estimate of drug-likeness (QED) is 0.154. The molecule has 0 bridgehead atoms. The average Bonchev–Trinajstić information content (AvgIpc) is 3.29. The molecule has 3 atom stereocenters. The molecule has 1 aliphatic carbocycles. The van der Waals surface area contributed by atoms with E-state index < -0.39 is 17.8 Å². The van der Waals surface area contributed by atoms with Gasteiger partial charge in [0.25, 0.3) is 0 Å². The summed E-state index contributed by atoms with van der Waals surface area (Å²) in [6, 6.07) is 21.7. The highest BCUT2D eigenvalue weighted by molar-refractivity contribution is 8.00. The van der Waals surface area contributed by atoms with Crippen LogP contribution in [0.1, 0.15) is 33.1 Å². The monoisotopic (exact) mass is 555 g/mol. The second-order valence-corrected chi connectivity index (χ2v) is 11.3. The lowest BCUT2D eigenvalue weighted by Crippen LogP contribution is -2.34. The molecule has 0 aliphatic heterocycles. The summed E-state index contributed by atoms with van der Waals surface area (Å²) in [7, 11) is 0. The van der Waals surface area contributed by atoms with Gasteiger partial charge in [-0.1, -0.05) is 43.3 Å². The Balaban J connectivity index is 1.28. The Kier molecular flexibility index (Phi) is 8.26. The lowest BCUT2D eigenvalue weighted by Gasteiger charge is -2.24. The van der Waals surface area contributed by atoms with Crippen molar-refractivity contribution >= 4 is 62.7 Å². The minimum absolute atomic E-state index is 0.0844. The SMILES string of the molecule is CCC(Sc1cccc(NC(=O)C2CC=CCC2C(=O)O)c1)C(=O)Nc1ccc2c(c1)c1ccccc1n2CC. The molecule has 0 saturated heterocycles. The minimum Gasteiger partial charge on any atom is -0.481 e. The standard InChI is InChI=1S/C32H33N3O4S/c1-3-29(31(37)34-21-16-17-28-26(19-21)23-12-7-8-15-27(23)35(28)4-2)40-22-11-9-10-20(18-22)33-30(36)24-13-5-6-14-25(24)32(38)39/h5-12,15-19,24-25,29H,3-4,13-14H2,1-2H3,(H,33,36)(H,34,37)(H,38,39). The summed E-state index contributed by atoms with van der Waals surface area (Å²) in [4.78, 5) is 38.7. The van der Waals surface area contributed by atoms with Crippen molar-refractivity contribution in [2.24, 2.45) is 11.8 Å². The van der Waals surface area contributed by atoms with Crippen LogP contribution in [0.2, 0.25) is 0 Å². The average molecular weight is 556 g/mol. The second kappa shape index (κ2) is 12.0. The number of nitrogens with one attached hydrogen (secondary N) is 2. The molecule has 3 aromatic carbocycles. The largest absolute Gasteiger partial charge is 0.481 e. The summed E-state index contributed by atoms with van der Waals surface area (Å²) in [5.41, 5.74) is 3.66. The number of benzene rings is 3. The Labute approximate surface area is 237 Å². The van der Waals surface area contributed by atoms with Crippen molar-refractivity contribution in [2.75, 3.05) is 10.6 Å². The van der Waals surface area contributed by atoms with Crippen LogP contribution in [-0.4, -0.2) is 32.7 Å². The molecule has 0 saturated carbocycles. The number of aromatic nitrogens is 1. The van der Waals surface area contributed by atoms with Crippen molar-refractivity contribution in [3.05, 3.63) is 78.9 Å². The zero-order valence-corrected chi connectivity index (χ0v) is 23.4. The van der Waals surface area contributed by atoms with E-state index in [0.717, 1.165) is 33.4 Å². The Morgan fingerprint density at radius 2 is 1.60 bits per heavy atom. The number of fused-ring (bicyclic) bond motifs is 3. The third kappa shape index (κ3) is 5.63. The molecule has 1 aliphatic rings. The number of carboxylic acid groups (broad SMARTS) is 1. The van der Waals surface area contributed by atoms with Gasteiger partial charge in [-0.3, -0.25) is 14.4 Å². The lowest BCUT2D eigenvalue weighted by atomic mass is 9.82. The molecular weight excluding hydrogens is 522 g/mol. The first-order valence-corrected chi connectivity index (χ1v) is 14.5. The van der Waals surface area contributed by atoms with E-state index in [4.69, 9.17) is 0 Å². The topological polar surface area (TPSA) is 100 Å². The normalized spacial score (nSPS) is 17.6. The number of amides is 2. The zero-order chi connectivity index (χ0) is 28.2. The fourth-order valence-electron chi connectivity index (χ4n) is 5.44. The molecule has 7 nitrogen and oxygen atoms in total. The van der Waals surface area contributed by atoms with E-state index in [2.05, 4.69) is 40.3 Å². The van der Waals surface area contributed by atoms with Gasteiger partial charge >= 0.3 is 5.97 Å². The van der Waals surface area contributed by atoms with E-state index in [0.29, 0.717) is 24.9 Å². The van der Waals surface area contributed by atoms with Crippen LogP contribution >= 0.6 is 11.8 Å². The van der Waals surface area contributed by atoms with E-state index in [9.17, 15) is 19.5 Å². The van der Waals surface area contributed by atoms with Crippen LogP contribution in [0.15, 0.2) is 83.8 Å². The fraction of sp³-hybridized carbons (Fsp3) is 0.281. The Bertz CT molecular complexity index is 1610. The molecule has 40 heavy (non-hydrogen) atoms. The van der Waals surface area contributed by atoms with E-state index in [1.165, 1.54) is 17.3 Å². The highest BCUT2D eigenvalue weighted by atomic mass is 32.2. The van der Waals surface area contributed by atoms with Crippen LogP contribution in [-0.2, 0) is 20.9 Å². The summed E-state index contributed by atoms with van der Waals surface area (Å²) in [5.74, 6) is -2.69. The van der Waals surface area contributed by atoms with Crippen molar-refractivity contribution in [3.63, 3.8) is 0 Å². The molecule has 206 valence electrons. The van der Waals surface area contributed by atoms with Crippen LogP contribution < -0.4 is 10.6 Å². The number of hydrogen-bond acceptors (Lipinski definition) is 4. The first-order valence-electron chi connectivity index (χ1n) is 13.7. The first-order chi connectivity index (χ1) is 19.4. The van der Waals surface area contributed by atoms with Gasteiger partial charge in [0.2, 0.25) is 11.8 Å². The molecule has 8 heteroatoms. The molecular formula is C32H33N3O4S. The van der Waals surface area contributed by atoms with E-state index in [1.54, 1.807) is 6.07 Å². The Morgan fingerprint density at radius 1 is 0.875 bits per heavy atom. The van der Waals surface area contributed by atoms with Crippen LogP contribution in [0.25, 0.3) is 21.8 Å². The van der Waals surface area contributed by atoms with Crippen molar-refractivity contribution < 1.29 is 19.5 Å². The van der Waals surface area contributed by atoms with E-state index in [-0.39, 0.29) is 17.1 Å². The molecule has 5 rings (SSSR count). The number of para-hydroxylation sites is 1. The number of carboxylic acids is 1. The number of carbonyl (C=O) groups is 3. The predicted molar refractivity (Wildman–Crippen MR) is 162 cm³/mol. The number of nitrogens with zero attached hydrogens (tertiary/aromatic N) is 1. The van der Waals surface area contributed by atoms with E-state index in [1.807, 2.05) is 61.5 Å². The predicted octanol–water partition coefficient (Wildman–Crippen LogP) is 6.93. The summed E-state index contributed by atoms with van der Waals surface area (Å²) in [6.07, 6.45) is 5.06. The maximum Gasteiger partial charge on any atom is 0.307 e. The number of hydrogen-bond donors (Lipinski definition) is 3. The van der Waals surface area contributed by atoms with Crippen molar-refractivity contribution in [3.8, 4) is 0 Å². The number of aryl methyl sites for hydroxylation is 1.